The molecule has 1 saturated heterocycles. The molecule has 2 rings (SSSR count). The highest BCUT2D eigenvalue weighted by Gasteiger charge is 2.18. The number of carbonyl (C=O) groups excluding carboxylic acids is 1. The van der Waals surface area contributed by atoms with Crippen LogP contribution in [-0.4, -0.2) is 54.7 Å². The molecule has 2 amide bonds. The molecule has 0 bridgehead atoms. The normalized spacial score (nSPS) is 15.7. The van der Waals surface area contributed by atoms with Crippen molar-refractivity contribution in [3.8, 4) is 11.8 Å². The molecule has 1 aromatic carbocycles. The van der Waals surface area contributed by atoms with Crippen molar-refractivity contribution in [1.82, 2.24) is 9.80 Å². The van der Waals surface area contributed by atoms with Crippen LogP contribution in [0.4, 0.5) is 10.5 Å². The van der Waals surface area contributed by atoms with Crippen molar-refractivity contribution in [2.75, 3.05) is 38.0 Å². The van der Waals surface area contributed by atoms with Gasteiger partial charge in [0.2, 0.25) is 0 Å². The predicted molar refractivity (Wildman–Crippen MR) is 94.2 cm³/mol. The molecular formula is C18H26N4O2. The number of hydrogen-bond donors (Lipinski definition) is 1. The fraction of sp³-hybridized carbons (Fsp3) is 0.556. The van der Waals surface area contributed by atoms with Gasteiger partial charge in [-0.2, -0.15) is 5.26 Å². The first-order chi connectivity index (χ1) is 11.5. The summed E-state index contributed by atoms with van der Waals surface area (Å²) < 4.78 is 5.60. The van der Waals surface area contributed by atoms with Crippen molar-refractivity contribution in [1.29, 1.82) is 5.26 Å². The van der Waals surface area contributed by atoms with Crippen LogP contribution in [-0.2, 0) is 0 Å². The van der Waals surface area contributed by atoms with Gasteiger partial charge in [-0.1, -0.05) is 6.92 Å². The van der Waals surface area contributed by atoms with E-state index in [9.17, 15) is 10.1 Å². The van der Waals surface area contributed by atoms with E-state index < -0.39 is 0 Å². The Morgan fingerprint density at radius 3 is 2.79 bits per heavy atom. The quantitative estimate of drug-likeness (QED) is 0.921. The van der Waals surface area contributed by atoms with Crippen LogP contribution in [0.5, 0.6) is 5.75 Å². The van der Waals surface area contributed by atoms with Crippen LogP contribution in [0.25, 0.3) is 0 Å². The van der Waals surface area contributed by atoms with E-state index >= 15 is 0 Å². The SMILES string of the molecule is CCN1CCCN(C(=O)Nc2ccc(OC(C)C)c(C#N)c2)CC1. The zero-order chi connectivity index (χ0) is 17.5. The van der Waals surface area contributed by atoms with E-state index in [0.717, 1.165) is 39.1 Å². The standard InChI is InChI=1S/C18H26N4O2/c1-4-21-8-5-9-22(11-10-21)18(23)20-16-6-7-17(24-14(2)3)15(12-16)13-19/h6-7,12,14H,4-5,8-11H2,1-3H3,(H,20,23). The van der Waals surface area contributed by atoms with E-state index in [1.807, 2.05) is 18.7 Å². The number of nitrogens with one attached hydrogen (secondary N) is 1. The van der Waals surface area contributed by atoms with E-state index in [1.54, 1.807) is 18.2 Å². The number of likely N-dealkylation sites (N-methyl/N-ethyl adjacent to an activating group) is 1. The summed E-state index contributed by atoms with van der Waals surface area (Å²) >= 11 is 0. The molecule has 1 N–H and O–H groups in total. The number of carbonyl (C=O) groups is 1. The summed E-state index contributed by atoms with van der Waals surface area (Å²) in [5.41, 5.74) is 1.04. The van der Waals surface area contributed by atoms with Gasteiger partial charge in [-0.25, -0.2) is 4.79 Å². The van der Waals surface area contributed by atoms with Crippen molar-refractivity contribution in [2.45, 2.75) is 33.3 Å². The summed E-state index contributed by atoms with van der Waals surface area (Å²) in [7, 11) is 0. The van der Waals surface area contributed by atoms with E-state index in [-0.39, 0.29) is 12.1 Å². The predicted octanol–water partition coefficient (Wildman–Crippen LogP) is 2.90. The third kappa shape index (κ3) is 4.87. The Labute approximate surface area is 144 Å². The smallest absolute Gasteiger partial charge is 0.321 e. The average molecular weight is 330 g/mol. The van der Waals surface area contributed by atoms with Gasteiger partial charge in [-0.05, 0) is 51.6 Å². The molecule has 0 atom stereocenters. The monoisotopic (exact) mass is 330 g/mol. The lowest BCUT2D eigenvalue weighted by Crippen LogP contribution is -2.38. The number of hydrogen-bond acceptors (Lipinski definition) is 4. The zero-order valence-electron chi connectivity index (χ0n) is 14.7. The lowest BCUT2D eigenvalue weighted by Gasteiger charge is -2.22. The van der Waals surface area contributed by atoms with E-state index in [4.69, 9.17) is 4.74 Å². The Morgan fingerprint density at radius 2 is 2.12 bits per heavy atom. The van der Waals surface area contributed by atoms with Gasteiger partial charge in [-0.15, -0.1) is 0 Å². The zero-order valence-corrected chi connectivity index (χ0v) is 14.7. The molecule has 6 heteroatoms. The van der Waals surface area contributed by atoms with Crippen molar-refractivity contribution in [2.24, 2.45) is 0 Å². The largest absolute Gasteiger partial charge is 0.490 e. The summed E-state index contributed by atoms with van der Waals surface area (Å²) in [5.74, 6) is 0.541. The second-order valence-electron chi connectivity index (χ2n) is 6.19. The molecule has 1 aliphatic heterocycles. The number of anilines is 1. The van der Waals surface area contributed by atoms with Gasteiger partial charge in [0.05, 0.1) is 11.7 Å². The van der Waals surface area contributed by atoms with Crippen LogP contribution < -0.4 is 10.1 Å². The summed E-state index contributed by atoms with van der Waals surface area (Å²) in [6.07, 6.45) is 0.974. The number of ether oxygens (including phenoxy) is 1. The Hall–Kier alpha value is -2.26. The fourth-order valence-electron chi connectivity index (χ4n) is 2.74. The van der Waals surface area contributed by atoms with E-state index in [2.05, 4.69) is 23.2 Å². The minimum absolute atomic E-state index is 0.00356. The summed E-state index contributed by atoms with van der Waals surface area (Å²) in [5, 5.41) is 12.2. The molecule has 0 saturated carbocycles. The van der Waals surface area contributed by atoms with Crippen LogP contribution in [0.1, 0.15) is 32.8 Å². The van der Waals surface area contributed by atoms with Crippen LogP contribution in [0, 0.1) is 11.3 Å². The average Bonchev–Trinajstić information content (AvgIpc) is 2.81. The van der Waals surface area contributed by atoms with Gasteiger partial charge < -0.3 is 19.9 Å². The molecule has 1 aliphatic rings. The molecule has 6 nitrogen and oxygen atoms in total. The molecule has 0 spiro atoms. The van der Waals surface area contributed by atoms with E-state index in [0.29, 0.717) is 17.0 Å². The lowest BCUT2D eigenvalue weighted by molar-refractivity contribution is 0.212. The maximum absolute atomic E-state index is 12.5. The lowest BCUT2D eigenvalue weighted by atomic mass is 10.2. The van der Waals surface area contributed by atoms with Crippen LogP contribution in [0.3, 0.4) is 0 Å². The first kappa shape index (κ1) is 18.1. The van der Waals surface area contributed by atoms with Crippen molar-refractivity contribution < 1.29 is 9.53 Å². The number of urea groups is 1. The molecule has 24 heavy (non-hydrogen) atoms. The fourth-order valence-corrected chi connectivity index (χ4v) is 2.74. The number of rotatable bonds is 4. The Balaban J connectivity index is 2.02. The second-order valence-corrected chi connectivity index (χ2v) is 6.19. The first-order valence-electron chi connectivity index (χ1n) is 8.52. The van der Waals surface area contributed by atoms with Gasteiger partial charge in [0.15, 0.2) is 0 Å². The number of nitrogens with zero attached hydrogens (tertiary/aromatic N) is 3. The van der Waals surface area contributed by atoms with Crippen molar-refractivity contribution in [3.63, 3.8) is 0 Å². The molecule has 130 valence electrons. The minimum Gasteiger partial charge on any atom is -0.490 e. The van der Waals surface area contributed by atoms with Gasteiger partial charge in [0, 0.05) is 25.3 Å². The van der Waals surface area contributed by atoms with Gasteiger partial charge in [0.25, 0.3) is 0 Å². The Bertz CT molecular complexity index is 610. The Kier molecular flexibility index (Phi) is 6.44. The summed E-state index contributed by atoms with van der Waals surface area (Å²) in [4.78, 5) is 16.6. The molecule has 0 aliphatic carbocycles. The summed E-state index contributed by atoms with van der Waals surface area (Å²) in [6.45, 7) is 10.4. The highest BCUT2D eigenvalue weighted by molar-refractivity contribution is 5.89. The highest BCUT2D eigenvalue weighted by atomic mass is 16.5. The topological polar surface area (TPSA) is 68.6 Å². The van der Waals surface area contributed by atoms with Gasteiger partial charge in [-0.3, -0.25) is 0 Å². The first-order valence-corrected chi connectivity index (χ1v) is 8.52. The molecule has 0 radical (unpaired) electrons. The van der Waals surface area contributed by atoms with Crippen LogP contribution >= 0.6 is 0 Å². The molecule has 1 heterocycles. The number of benzene rings is 1. The third-order valence-corrected chi connectivity index (χ3v) is 4.04. The van der Waals surface area contributed by atoms with Crippen molar-refractivity contribution in [3.05, 3.63) is 23.8 Å². The molecule has 0 unspecified atom stereocenters. The molecule has 0 aromatic heterocycles. The van der Waals surface area contributed by atoms with Gasteiger partial charge >= 0.3 is 6.03 Å². The van der Waals surface area contributed by atoms with Crippen molar-refractivity contribution >= 4 is 11.7 Å². The van der Waals surface area contributed by atoms with Crippen LogP contribution in [0.15, 0.2) is 18.2 Å². The van der Waals surface area contributed by atoms with Gasteiger partial charge in [0.1, 0.15) is 11.8 Å². The van der Waals surface area contributed by atoms with E-state index in [1.165, 1.54) is 0 Å². The number of amides is 2. The Morgan fingerprint density at radius 1 is 1.33 bits per heavy atom. The maximum Gasteiger partial charge on any atom is 0.321 e. The maximum atomic E-state index is 12.5. The summed E-state index contributed by atoms with van der Waals surface area (Å²) in [6, 6.07) is 7.17. The van der Waals surface area contributed by atoms with Crippen LogP contribution in [0.2, 0.25) is 0 Å². The third-order valence-electron chi connectivity index (χ3n) is 4.04. The minimum atomic E-state index is -0.116. The molecule has 1 aromatic rings. The highest BCUT2D eigenvalue weighted by Crippen LogP contribution is 2.23. The second kappa shape index (κ2) is 8.55. The number of nitriles is 1. The molecule has 1 fully saturated rings. The molecular weight excluding hydrogens is 304 g/mol.